The van der Waals surface area contributed by atoms with E-state index in [-0.39, 0.29) is 24.2 Å². The van der Waals surface area contributed by atoms with Gasteiger partial charge in [0.1, 0.15) is 5.75 Å². The summed E-state index contributed by atoms with van der Waals surface area (Å²) in [6, 6.07) is 16.6. The minimum Gasteiger partial charge on any atom is -0.494 e. The Morgan fingerprint density at radius 1 is 1.17 bits per heavy atom. The highest BCUT2D eigenvalue weighted by molar-refractivity contribution is 6.03. The summed E-state index contributed by atoms with van der Waals surface area (Å²) in [4.78, 5) is 26.3. The Kier molecular flexibility index (Phi) is 4.79. The molecule has 0 saturated carbocycles. The van der Waals surface area contributed by atoms with Crippen LogP contribution in [0.1, 0.15) is 13.3 Å². The van der Waals surface area contributed by atoms with Crippen LogP contribution in [0.3, 0.4) is 0 Å². The SMILES string of the molecule is CCOc1ccc(N2CC(C(=O)Nc3ccccc3)CC2=O)cc1. The molecule has 3 rings (SSSR count). The first-order valence-electron chi connectivity index (χ1n) is 8.06. The number of anilines is 2. The van der Waals surface area contributed by atoms with E-state index in [0.717, 1.165) is 17.1 Å². The number of para-hydroxylation sites is 1. The third kappa shape index (κ3) is 3.56. The van der Waals surface area contributed by atoms with Gasteiger partial charge in [-0.25, -0.2) is 0 Å². The number of nitrogens with zero attached hydrogens (tertiary/aromatic N) is 1. The second-order valence-electron chi connectivity index (χ2n) is 5.69. The Morgan fingerprint density at radius 2 is 1.88 bits per heavy atom. The van der Waals surface area contributed by atoms with E-state index in [4.69, 9.17) is 4.74 Å². The van der Waals surface area contributed by atoms with E-state index < -0.39 is 0 Å². The van der Waals surface area contributed by atoms with Crippen LogP contribution < -0.4 is 15.0 Å². The summed E-state index contributed by atoms with van der Waals surface area (Å²) >= 11 is 0. The summed E-state index contributed by atoms with van der Waals surface area (Å²) < 4.78 is 5.41. The van der Waals surface area contributed by atoms with Gasteiger partial charge in [-0.3, -0.25) is 9.59 Å². The molecule has 1 fully saturated rings. The Morgan fingerprint density at radius 3 is 2.54 bits per heavy atom. The van der Waals surface area contributed by atoms with Crippen LogP contribution in [0.2, 0.25) is 0 Å². The number of nitrogens with one attached hydrogen (secondary N) is 1. The van der Waals surface area contributed by atoms with Crippen molar-refractivity contribution in [3.8, 4) is 5.75 Å². The fourth-order valence-electron chi connectivity index (χ4n) is 2.79. The molecule has 1 heterocycles. The van der Waals surface area contributed by atoms with E-state index in [0.29, 0.717) is 13.2 Å². The molecule has 124 valence electrons. The highest BCUT2D eigenvalue weighted by atomic mass is 16.5. The lowest BCUT2D eigenvalue weighted by Gasteiger charge is -2.17. The van der Waals surface area contributed by atoms with Gasteiger partial charge in [0.25, 0.3) is 0 Å². The molecule has 0 aliphatic carbocycles. The van der Waals surface area contributed by atoms with Crippen molar-refractivity contribution in [1.29, 1.82) is 0 Å². The van der Waals surface area contributed by atoms with Crippen LogP contribution in [0, 0.1) is 5.92 Å². The highest BCUT2D eigenvalue weighted by Gasteiger charge is 2.35. The first-order valence-corrected chi connectivity index (χ1v) is 8.06. The Hall–Kier alpha value is -2.82. The number of carbonyl (C=O) groups excluding carboxylic acids is 2. The average Bonchev–Trinajstić information content (AvgIpc) is 2.99. The van der Waals surface area contributed by atoms with Gasteiger partial charge in [-0.05, 0) is 43.3 Å². The second kappa shape index (κ2) is 7.17. The molecule has 5 nitrogen and oxygen atoms in total. The lowest BCUT2D eigenvalue weighted by Crippen LogP contribution is -2.28. The maximum Gasteiger partial charge on any atom is 0.229 e. The standard InChI is InChI=1S/C19H20N2O3/c1-2-24-17-10-8-16(9-11-17)21-13-14(12-18(21)22)19(23)20-15-6-4-3-5-7-15/h3-11,14H,2,12-13H2,1H3,(H,20,23). The zero-order chi connectivity index (χ0) is 16.9. The van der Waals surface area contributed by atoms with E-state index in [1.54, 1.807) is 4.90 Å². The molecule has 0 spiro atoms. The number of amides is 2. The Balaban J connectivity index is 1.65. The third-order valence-corrected chi connectivity index (χ3v) is 4.00. The quantitative estimate of drug-likeness (QED) is 0.919. The van der Waals surface area contributed by atoms with Crippen LogP contribution in [0.25, 0.3) is 0 Å². The lowest BCUT2D eigenvalue weighted by molar-refractivity contribution is -0.122. The minimum atomic E-state index is -0.343. The smallest absolute Gasteiger partial charge is 0.229 e. The molecule has 2 aromatic rings. The van der Waals surface area contributed by atoms with Crippen molar-refractivity contribution >= 4 is 23.2 Å². The number of carbonyl (C=O) groups is 2. The van der Waals surface area contributed by atoms with Crippen molar-refractivity contribution < 1.29 is 14.3 Å². The fraction of sp³-hybridized carbons (Fsp3) is 0.263. The maximum atomic E-state index is 12.4. The lowest BCUT2D eigenvalue weighted by atomic mass is 10.1. The molecular formula is C19H20N2O3. The maximum absolute atomic E-state index is 12.4. The second-order valence-corrected chi connectivity index (χ2v) is 5.69. The van der Waals surface area contributed by atoms with Gasteiger partial charge in [-0.1, -0.05) is 18.2 Å². The van der Waals surface area contributed by atoms with E-state index in [1.807, 2.05) is 61.5 Å². The van der Waals surface area contributed by atoms with Gasteiger partial charge < -0.3 is 15.0 Å². The predicted octanol–water partition coefficient (Wildman–Crippen LogP) is 3.08. The van der Waals surface area contributed by atoms with Gasteiger partial charge in [0.05, 0.1) is 12.5 Å². The zero-order valence-corrected chi connectivity index (χ0v) is 13.6. The summed E-state index contributed by atoms with van der Waals surface area (Å²) in [6.45, 7) is 2.92. The predicted molar refractivity (Wildman–Crippen MR) is 93.1 cm³/mol. The molecule has 2 amide bonds. The molecule has 1 atom stereocenters. The number of ether oxygens (including phenoxy) is 1. The van der Waals surface area contributed by atoms with Crippen molar-refractivity contribution in [3.05, 3.63) is 54.6 Å². The van der Waals surface area contributed by atoms with Crippen molar-refractivity contribution in [2.24, 2.45) is 5.92 Å². The van der Waals surface area contributed by atoms with E-state index in [9.17, 15) is 9.59 Å². The zero-order valence-electron chi connectivity index (χ0n) is 13.6. The van der Waals surface area contributed by atoms with Crippen LogP contribution in [0.5, 0.6) is 5.75 Å². The molecule has 1 unspecified atom stereocenters. The summed E-state index contributed by atoms with van der Waals surface area (Å²) in [6.07, 6.45) is 0.228. The molecule has 1 aliphatic heterocycles. The van der Waals surface area contributed by atoms with Gasteiger partial charge in [0.2, 0.25) is 11.8 Å². The Labute approximate surface area is 141 Å². The van der Waals surface area contributed by atoms with Crippen LogP contribution in [0.15, 0.2) is 54.6 Å². The van der Waals surface area contributed by atoms with Crippen molar-refractivity contribution in [2.75, 3.05) is 23.4 Å². The highest BCUT2D eigenvalue weighted by Crippen LogP contribution is 2.27. The third-order valence-electron chi connectivity index (χ3n) is 4.00. The summed E-state index contributed by atoms with van der Waals surface area (Å²) in [5.41, 5.74) is 1.54. The first kappa shape index (κ1) is 16.1. The van der Waals surface area contributed by atoms with Gasteiger partial charge >= 0.3 is 0 Å². The van der Waals surface area contributed by atoms with Crippen molar-refractivity contribution in [3.63, 3.8) is 0 Å². The van der Waals surface area contributed by atoms with E-state index in [1.165, 1.54) is 0 Å². The number of hydrogen-bond donors (Lipinski definition) is 1. The van der Waals surface area contributed by atoms with Crippen LogP contribution >= 0.6 is 0 Å². The average molecular weight is 324 g/mol. The summed E-state index contributed by atoms with van der Waals surface area (Å²) in [7, 11) is 0. The Bertz CT molecular complexity index is 713. The van der Waals surface area contributed by atoms with E-state index >= 15 is 0 Å². The van der Waals surface area contributed by atoms with Gasteiger partial charge in [-0.15, -0.1) is 0 Å². The van der Waals surface area contributed by atoms with Crippen molar-refractivity contribution in [2.45, 2.75) is 13.3 Å². The number of rotatable bonds is 5. The molecule has 24 heavy (non-hydrogen) atoms. The van der Waals surface area contributed by atoms with Gasteiger partial charge in [-0.2, -0.15) is 0 Å². The van der Waals surface area contributed by atoms with Gasteiger partial charge in [0.15, 0.2) is 0 Å². The topological polar surface area (TPSA) is 58.6 Å². The summed E-state index contributed by atoms with van der Waals surface area (Å²) in [5.74, 6) is 0.269. The molecule has 2 aromatic carbocycles. The van der Waals surface area contributed by atoms with Crippen LogP contribution in [0.4, 0.5) is 11.4 Å². The first-order chi connectivity index (χ1) is 11.7. The number of hydrogen-bond acceptors (Lipinski definition) is 3. The fourth-order valence-corrected chi connectivity index (χ4v) is 2.79. The van der Waals surface area contributed by atoms with Crippen LogP contribution in [-0.4, -0.2) is 25.0 Å². The van der Waals surface area contributed by atoms with Gasteiger partial charge in [0, 0.05) is 24.3 Å². The normalized spacial score (nSPS) is 17.0. The van der Waals surface area contributed by atoms with E-state index in [2.05, 4.69) is 5.32 Å². The number of benzene rings is 2. The summed E-state index contributed by atoms with van der Waals surface area (Å²) in [5, 5.41) is 2.86. The molecule has 0 radical (unpaired) electrons. The molecule has 0 bridgehead atoms. The molecule has 1 N–H and O–H groups in total. The minimum absolute atomic E-state index is 0.0348. The molecule has 1 aliphatic rings. The molecular weight excluding hydrogens is 304 g/mol. The molecule has 0 aromatic heterocycles. The molecule has 5 heteroatoms. The largest absolute Gasteiger partial charge is 0.494 e. The monoisotopic (exact) mass is 324 g/mol. The van der Waals surface area contributed by atoms with Crippen LogP contribution in [-0.2, 0) is 9.59 Å². The molecule has 1 saturated heterocycles. The van der Waals surface area contributed by atoms with Crippen molar-refractivity contribution in [1.82, 2.24) is 0 Å².